The molecule has 1 N–H and O–H groups in total. The third-order valence-corrected chi connectivity index (χ3v) is 7.65. The number of benzene rings is 4. The number of aromatic nitrogens is 3. The number of ether oxygens (including phenoxy) is 1. The molecule has 2 heterocycles. The molecule has 0 spiro atoms. The predicted octanol–water partition coefficient (Wildman–Crippen LogP) is 9.19. The minimum absolute atomic E-state index is 0.0459. The second kappa shape index (κ2) is 11.6. The molecule has 0 aliphatic heterocycles. The standard InChI is InChI=1S/C33H24Cl2FN3O4/c1-18(2)31-24(30(38-43-31)29-25(34)4-3-5-26(29)35)17-42-23-13-6-19(7-14-23)32-37-27-15-8-20(33(40)41)16-28(27)39(32)22-11-9-21(36)10-12-22/h3-16,18H,17H2,1-2H3,(H,40,41). The summed E-state index contributed by atoms with van der Waals surface area (Å²) in [5.41, 5.74) is 4.57. The minimum Gasteiger partial charge on any atom is -0.489 e. The largest absolute Gasteiger partial charge is 0.489 e. The Kier molecular flexibility index (Phi) is 7.64. The van der Waals surface area contributed by atoms with Crippen molar-refractivity contribution in [2.75, 3.05) is 0 Å². The fraction of sp³-hybridized carbons (Fsp3) is 0.121. The van der Waals surface area contributed by atoms with Crippen molar-refractivity contribution in [1.29, 1.82) is 0 Å². The molecule has 216 valence electrons. The van der Waals surface area contributed by atoms with Gasteiger partial charge in [0.05, 0.1) is 32.2 Å². The van der Waals surface area contributed by atoms with Crippen LogP contribution < -0.4 is 4.74 Å². The zero-order valence-corrected chi connectivity index (χ0v) is 24.5. The van der Waals surface area contributed by atoms with Crippen LogP contribution in [-0.2, 0) is 6.61 Å². The van der Waals surface area contributed by atoms with Crippen molar-refractivity contribution < 1.29 is 23.6 Å². The summed E-state index contributed by atoms with van der Waals surface area (Å²) in [4.78, 5) is 16.5. The van der Waals surface area contributed by atoms with Crippen molar-refractivity contribution >= 4 is 40.2 Å². The molecule has 10 heteroatoms. The van der Waals surface area contributed by atoms with E-state index in [1.54, 1.807) is 42.5 Å². The SMILES string of the molecule is CC(C)c1onc(-c2c(Cl)cccc2Cl)c1COc1ccc(-c2nc3ccc(C(=O)O)cc3n2-c2ccc(F)cc2)cc1. The van der Waals surface area contributed by atoms with Crippen LogP contribution in [0.1, 0.15) is 41.4 Å². The number of carboxylic acids is 1. The maximum Gasteiger partial charge on any atom is 0.335 e. The number of fused-ring (bicyclic) bond motifs is 1. The van der Waals surface area contributed by atoms with Crippen LogP contribution in [0.5, 0.6) is 5.75 Å². The van der Waals surface area contributed by atoms with Gasteiger partial charge in [0.2, 0.25) is 0 Å². The van der Waals surface area contributed by atoms with Crippen LogP contribution in [0.15, 0.2) is 89.5 Å². The molecule has 0 saturated heterocycles. The van der Waals surface area contributed by atoms with Crippen LogP contribution in [0.3, 0.4) is 0 Å². The molecule has 6 rings (SSSR count). The summed E-state index contributed by atoms with van der Waals surface area (Å²) >= 11 is 12.9. The number of rotatable bonds is 8. The third-order valence-electron chi connectivity index (χ3n) is 7.02. The van der Waals surface area contributed by atoms with Crippen molar-refractivity contribution in [3.63, 3.8) is 0 Å². The van der Waals surface area contributed by atoms with Gasteiger partial charge in [-0.2, -0.15) is 0 Å². The molecule has 0 unspecified atom stereocenters. The third kappa shape index (κ3) is 5.47. The van der Waals surface area contributed by atoms with Gasteiger partial charge in [0, 0.05) is 22.7 Å². The van der Waals surface area contributed by atoms with E-state index in [1.807, 2.05) is 42.7 Å². The molecular weight excluding hydrogens is 592 g/mol. The van der Waals surface area contributed by atoms with E-state index in [0.29, 0.717) is 55.4 Å². The summed E-state index contributed by atoms with van der Waals surface area (Å²) in [6, 6.07) is 23.3. The minimum atomic E-state index is -1.05. The Morgan fingerprint density at radius 3 is 2.35 bits per heavy atom. The number of carboxylic acid groups (broad SMARTS) is 1. The molecular formula is C33H24Cl2FN3O4. The summed E-state index contributed by atoms with van der Waals surface area (Å²) in [5, 5.41) is 14.8. The Hall–Kier alpha value is -4.66. The lowest BCUT2D eigenvalue weighted by atomic mass is 10.0. The topological polar surface area (TPSA) is 90.4 Å². The molecule has 6 aromatic rings. The van der Waals surface area contributed by atoms with E-state index >= 15 is 0 Å². The van der Waals surface area contributed by atoms with Gasteiger partial charge in [-0.3, -0.25) is 4.57 Å². The van der Waals surface area contributed by atoms with Gasteiger partial charge < -0.3 is 14.4 Å². The summed E-state index contributed by atoms with van der Waals surface area (Å²) in [5.74, 6) is 0.447. The van der Waals surface area contributed by atoms with Gasteiger partial charge in [0.25, 0.3) is 0 Å². The van der Waals surface area contributed by atoms with Gasteiger partial charge in [-0.05, 0) is 78.9 Å². The molecule has 0 aliphatic carbocycles. The van der Waals surface area contributed by atoms with Crippen LogP contribution in [0.25, 0.3) is 39.4 Å². The van der Waals surface area contributed by atoms with Crippen molar-refractivity contribution in [1.82, 2.24) is 14.7 Å². The average molecular weight is 616 g/mol. The zero-order chi connectivity index (χ0) is 30.2. The predicted molar refractivity (Wildman–Crippen MR) is 164 cm³/mol. The fourth-order valence-electron chi connectivity index (χ4n) is 4.94. The lowest BCUT2D eigenvalue weighted by Gasteiger charge is -2.12. The highest BCUT2D eigenvalue weighted by molar-refractivity contribution is 6.39. The molecule has 43 heavy (non-hydrogen) atoms. The smallest absolute Gasteiger partial charge is 0.335 e. The summed E-state index contributed by atoms with van der Waals surface area (Å²) in [7, 11) is 0. The quantitative estimate of drug-likeness (QED) is 0.183. The van der Waals surface area contributed by atoms with E-state index in [9.17, 15) is 14.3 Å². The van der Waals surface area contributed by atoms with Gasteiger partial charge in [0.1, 0.15) is 35.5 Å². The van der Waals surface area contributed by atoms with Crippen molar-refractivity contribution in [2.24, 2.45) is 0 Å². The van der Waals surface area contributed by atoms with Gasteiger partial charge in [-0.25, -0.2) is 14.2 Å². The molecule has 0 atom stereocenters. The lowest BCUT2D eigenvalue weighted by Crippen LogP contribution is -2.02. The summed E-state index contributed by atoms with van der Waals surface area (Å²) in [6.07, 6.45) is 0. The molecule has 0 fully saturated rings. The van der Waals surface area contributed by atoms with Crippen LogP contribution in [0.4, 0.5) is 4.39 Å². The van der Waals surface area contributed by atoms with Crippen molar-refractivity contribution in [3.05, 3.63) is 118 Å². The molecule has 0 saturated carbocycles. The van der Waals surface area contributed by atoms with Crippen molar-refractivity contribution in [3.8, 4) is 34.1 Å². The second-order valence-electron chi connectivity index (χ2n) is 10.2. The monoisotopic (exact) mass is 615 g/mol. The normalized spacial score (nSPS) is 11.4. The van der Waals surface area contributed by atoms with E-state index in [1.165, 1.54) is 18.2 Å². The molecule has 0 bridgehead atoms. The Morgan fingerprint density at radius 2 is 1.70 bits per heavy atom. The van der Waals surface area contributed by atoms with Gasteiger partial charge in [-0.15, -0.1) is 0 Å². The highest BCUT2D eigenvalue weighted by Crippen LogP contribution is 2.39. The highest BCUT2D eigenvalue weighted by Gasteiger charge is 2.24. The number of aromatic carboxylic acids is 1. The Labute approximate surface area is 256 Å². The van der Waals surface area contributed by atoms with Crippen LogP contribution in [0.2, 0.25) is 10.0 Å². The second-order valence-corrected chi connectivity index (χ2v) is 11.0. The van der Waals surface area contributed by atoms with Gasteiger partial charge in [-0.1, -0.05) is 48.3 Å². The molecule has 0 radical (unpaired) electrons. The molecule has 4 aromatic carbocycles. The first kappa shape index (κ1) is 28.5. The van der Waals surface area contributed by atoms with E-state index in [4.69, 9.17) is 37.4 Å². The lowest BCUT2D eigenvalue weighted by molar-refractivity contribution is 0.0697. The van der Waals surface area contributed by atoms with Gasteiger partial charge >= 0.3 is 5.97 Å². The summed E-state index contributed by atoms with van der Waals surface area (Å²) in [6.45, 7) is 4.17. The van der Waals surface area contributed by atoms with E-state index in [0.717, 1.165) is 11.1 Å². The van der Waals surface area contributed by atoms with Crippen LogP contribution in [0, 0.1) is 5.82 Å². The van der Waals surface area contributed by atoms with Gasteiger partial charge in [0.15, 0.2) is 0 Å². The van der Waals surface area contributed by atoms with Crippen LogP contribution in [-0.4, -0.2) is 25.8 Å². The number of carbonyl (C=O) groups is 1. The summed E-state index contributed by atoms with van der Waals surface area (Å²) < 4.78 is 27.4. The molecule has 0 aliphatic rings. The first-order valence-electron chi connectivity index (χ1n) is 13.4. The number of halogens is 3. The number of imidazole rings is 1. The van der Waals surface area contributed by atoms with Crippen molar-refractivity contribution in [2.45, 2.75) is 26.4 Å². The highest BCUT2D eigenvalue weighted by atomic mass is 35.5. The molecule has 7 nitrogen and oxygen atoms in total. The maximum absolute atomic E-state index is 13.7. The maximum atomic E-state index is 13.7. The Morgan fingerprint density at radius 1 is 1.00 bits per heavy atom. The van der Waals surface area contributed by atoms with E-state index in [2.05, 4.69) is 5.16 Å². The fourth-order valence-corrected chi connectivity index (χ4v) is 5.52. The van der Waals surface area contributed by atoms with E-state index < -0.39 is 5.97 Å². The van der Waals surface area contributed by atoms with Crippen LogP contribution >= 0.6 is 23.2 Å². The number of nitrogens with zero attached hydrogens (tertiary/aromatic N) is 3. The number of hydrogen-bond donors (Lipinski definition) is 1. The number of hydrogen-bond acceptors (Lipinski definition) is 5. The first-order valence-corrected chi connectivity index (χ1v) is 14.1. The Balaban J connectivity index is 1.35. The van der Waals surface area contributed by atoms with E-state index in [-0.39, 0.29) is 23.9 Å². The molecule has 0 amide bonds. The molecule has 2 aromatic heterocycles. The first-order chi connectivity index (χ1) is 20.7. The Bertz CT molecular complexity index is 1950. The zero-order valence-electron chi connectivity index (χ0n) is 23.0. The average Bonchev–Trinajstić information content (AvgIpc) is 3.58.